The second kappa shape index (κ2) is 6.39. The molecule has 0 aliphatic rings. The van der Waals surface area contributed by atoms with E-state index in [4.69, 9.17) is 0 Å². The summed E-state index contributed by atoms with van der Waals surface area (Å²) in [5, 5.41) is 3.32. The summed E-state index contributed by atoms with van der Waals surface area (Å²) >= 11 is 0. The Morgan fingerprint density at radius 2 is 2.07 bits per heavy atom. The molecule has 0 saturated carbocycles. The van der Waals surface area contributed by atoms with Crippen molar-refractivity contribution in [2.24, 2.45) is 0 Å². The lowest BCUT2D eigenvalue weighted by Crippen LogP contribution is -2.16. The third kappa shape index (κ3) is 3.75. The number of hydrogen-bond donors (Lipinski definition) is 1. The van der Waals surface area contributed by atoms with Crippen LogP contribution in [-0.4, -0.2) is 13.1 Å². The van der Waals surface area contributed by atoms with Crippen LogP contribution in [0, 0.1) is 0 Å². The highest BCUT2D eigenvalue weighted by Gasteiger charge is 2.02. The Kier molecular flexibility index (Phi) is 5.02. The molecule has 1 aromatic carbocycles. The average molecular weight is 189 g/mol. The van der Waals surface area contributed by atoms with E-state index >= 15 is 0 Å². The normalized spacial score (nSPS) is 12.4. The topological polar surface area (TPSA) is 12.0 Å². The van der Waals surface area contributed by atoms with E-state index in [0.29, 0.717) is 5.92 Å². The molecule has 0 spiro atoms. The molecule has 0 heterocycles. The van der Waals surface area contributed by atoms with Crippen molar-refractivity contribution in [1.82, 2.24) is 5.32 Å². The molecule has 1 rings (SSSR count). The van der Waals surface area contributed by atoms with E-state index < -0.39 is 0 Å². The van der Waals surface area contributed by atoms with E-state index in [-0.39, 0.29) is 0 Å². The summed E-state index contributed by atoms with van der Waals surface area (Å²) in [5.74, 6) is 0.633. The predicted molar refractivity (Wildman–Crippen MR) is 62.5 cm³/mol. The predicted octanol–water partition coefficient (Wildman–Crippen LogP) is 2.96. The van der Waals surface area contributed by atoms with Crippen LogP contribution in [0.1, 0.15) is 24.8 Å². The lowest BCUT2D eigenvalue weighted by molar-refractivity contribution is 0.620. The Balaban J connectivity index is 2.28. The molecule has 0 aliphatic carbocycles. The molecule has 1 N–H and O–H groups in total. The molecule has 0 aromatic heterocycles. The van der Waals surface area contributed by atoms with E-state index in [0.717, 1.165) is 13.1 Å². The molecule has 0 saturated heterocycles. The first kappa shape index (κ1) is 11.0. The zero-order valence-electron chi connectivity index (χ0n) is 8.87. The number of hydrogen-bond acceptors (Lipinski definition) is 1. The van der Waals surface area contributed by atoms with Crippen molar-refractivity contribution in [3.8, 4) is 0 Å². The maximum Gasteiger partial charge on any atom is 0.0132 e. The van der Waals surface area contributed by atoms with E-state index in [2.05, 4.69) is 49.2 Å². The maximum atomic E-state index is 3.67. The molecular formula is C13H19N. The van der Waals surface area contributed by atoms with E-state index in [1.165, 1.54) is 12.0 Å². The molecule has 1 atom stereocenters. The van der Waals surface area contributed by atoms with E-state index in [1.807, 2.05) is 6.08 Å². The van der Waals surface area contributed by atoms with Crippen LogP contribution >= 0.6 is 0 Å². The summed E-state index contributed by atoms with van der Waals surface area (Å²) in [6, 6.07) is 10.6. The zero-order valence-corrected chi connectivity index (χ0v) is 8.87. The van der Waals surface area contributed by atoms with Gasteiger partial charge < -0.3 is 5.32 Å². The highest BCUT2D eigenvalue weighted by atomic mass is 14.8. The fourth-order valence-corrected chi connectivity index (χ4v) is 1.47. The van der Waals surface area contributed by atoms with Crippen molar-refractivity contribution < 1.29 is 0 Å². The summed E-state index contributed by atoms with van der Waals surface area (Å²) in [6.45, 7) is 7.90. The third-order valence-electron chi connectivity index (χ3n) is 2.41. The van der Waals surface area contributed by atoms with Crippen molar-refractivity contribution in [2.75, 3.05) is 13.1 Å². The van der Waals surface area contributed by atoms with Gasteiger partial charge in [0.05, 0.1) is 0 Å². The Bertz CT molecular complexity index is 253. The molecular weight excluding hydrogens is 170 g/mol. The van der Waals surface area contributed by atoms with Gasteiger partial charge in [-0.3, -0.25) is 0 Å². The van der Waals surface area contributed by atoms with Crippen molar-refractivity contribution in [3.63, 3.8) is 0 Å². The van der Waals surface area contributed by atoms with Crippen LogP contribution in [0.25, 0.3) is 0 Å². The van der Waals surface area contributed by atoms with Gasteiger partial charge in [-0.15, -0.1) is 6.58 Å². The fourth-order valence-electron chi connectivity index (χ4n) is 1.47. The van der Waals surface area contributed by atoms with E-state index in [1.54, 1.807) is 0 Å². The summed E-state index contributed by atoms with van der Waals surface area (Å²) < 4.78 is 0. The van der Waals surface area contributed by atoms with Gasteiger partial charge in [0, 0.05) is 6.54 Å². The van der Waals surface area contributed by atoms with Gasteiger partial charge in [-0.05, 0) is 24.4 Å². The molecule has 0 aliphatic heterocycles. The number of benzene rings is 1. The highest BCUT2D eigenvalue weighted by Crippen LogP contribution is 2.17. The van der Waals surface area contributed by atoms with Gasteiger partial charge in [0.1, 0.15) is 0 Å². The van der Waals surface area contributed by atoms with Gasteiger partial charge in [0.15, 0.2) is 0 Å². The summed E-state index contributed by atoms with van der Waals surface area (Å²) in [5.41, 5.74) is 1.42. The maximum absolute atomic E-state index is 3.67. The fraction of sp³-hybridized carbons (Fsp3) is 0.385. The van der Waals surface area contributed by atoms with Crippen molar-refractivity contribution in [3.05, 3.63) is 48.6 Å². The summed E-state index contributed by atoms with van der Waals surface area (Å²) in [7, 11) is 0. The van der Waals surface area contributed by atoms with Gasteiger partial charge in [-0.25, -0.2) is 0 Å². The van der Waals surface area contributed by atoms with Crippen LogP contribution in [0.5, 0.6) is 0 Å². The number of nitrogens with one attached hydrogen (secondary N) is 1. The molecule has 0 radical (unpaired) electrons. The van der Waals surface area contributed by atoms with Gasteiger partial charge in [-0.1, -0.05) is 43.3 Å². The Morgan fingerprint density at radius 3 is 2.71 bits per heavy atom. The molecule has 1 unspecified atom stereocenters. The molecule has 76 valence electrons. The Hall–Kier alpha value is -1.08. The van der Waals surface area contributed by atoms with Crippen LogP contribution < -0.4 is 5.32 Å². The first-order valence-corrected chi connectivity index (χ1v) is 5.21. The molecule has 0 amide bonds. The van der Waals surface area contributed by atoms with Gasteiger partial charge in [-0.2, -0.15) is 0 Å². The third-order valence-corrected chi connectivity index (χ3v) is 2.41. The zero-order chi connectivity index (χ0) is 10.2. The van der Waals surface area contributed by atoms with Gasteiger partial charge >= 0.3 is 0 Å². The molecule has 0 fully saturated rings. The smallest absolute Gasteiger partial charge is 0.0132 e. The molecule has 1 aromatic rings. The minimum atomic E-state index is 0.633. The van der Waals surface area contributed by atoms with Gasteiger partial charge in [0.25, 0.3) is 0 Å². The Morgan fingerprint density at radius 1 is 1.36 bits per heavy atom. The SMILES string of the molecule is C=CCNCCC(C)c1ccccc1. The molecule has 1 nitrogen and oxygen atoms in total. The first-order valence-electron chi connectivity index (χ1n) is 5.21. The van der Waals surface area contributed by atoms with E-state index in [9.17, 15) is 0 Å². The minimum Gasteiger partial charge on any atom is -0.313 e. The number of rotatable bonds is 6. The van der Waals surface area contributed by atoms with Crippen LogP contribution in [0.3, 0.4) is 0 Å². The lowest BCUT2D eigenvalue weighted by Gasteiger charge is -2.11. The minimum absolute atomic E-state index is 0.633. The lowest BCUT2D eigenvalue weighted by atomic mass is 9.98. The molecule has 14 heavy (non-hydrogen) atoms. The quantitative estimate of drug-likeness (QED) is 0.536. The van der Waals surface area contributed by atoms with Crippen LogP contribution in [-0.2, 0) is 0 Å². The monoisotopic (exact) mass is 189 g/mol. The van der Waals surface area contributed by atoms with Crippen molar-refractivity contribution in [1.29, 1.82) is 0 Å². The van der Waals surface area contributed by atoms with Crippen molar-refractivity contribution in [2.45, 2.75) is 19.3 Å². The first-order chi connectivity index (χ1) is 6.84. The summed E-state index contributed by atoms with van der Waals surface area (Å²) in [6.07, 6.45) is 3.07. The van der Waals surface area contributed by atoms with Crippen LogP contribution in [0.2, 0.25) is 0 Å². The van der Waals surface area contributed by atoms with Crippen molar-refractivity contribution >= 4 is 0 Å². The summed E-state index contributed by atoms with van der Waals surface area (Å²) in [4.78, 5) is 0. The second-order valence-corrected chi connectivity index (χ2v) is 3.59. The van der Waals surface area contributed by atoms with Crippen LogP contribution in [0.15, 0.2) is 43.0 Å². The highest BCUT2D eigenvalue weighted by molar-refractivity contribution is 5.18. The molecule has 1 heteroatoms. The second-order valence-electron chi connectivity index (χ2n) is 3.59. The largest absolute Gasteiger partial charge is 0.313 e. The van der Waals surface area contributed by atoms with Gasteiger partial charge in [0.2, 0.25) is 0 Å². The molecule has 0 bridgehead atoms. The van der Waals surface area contributed by atoms with Crippen LogP contribution in [0.4, 0.5) is 0 Å². The Labute approximate surface area is 86.8 Å². The average Bonchev–Trinajstić information content (AvgIpc) is 2.25. The standard InChI is InChI=1S/C13H19N/c1-3-10-14-11-9-12(2)13-7-5-4-6-8-13/h3-8,12,14H,1,9-11H2,2H3.